The van der Waals surface area contributed by atoms with Crippen molar-refractivity contribution < 1.29 is 9.53 Å². The normalized spacial score (nSPS) is 19.6. The molecule has 2 rings (SSSR count). The van der Waals surface area contributed by atoms with Crippen molar-refractivity contribution in [2.24, 2.45) is 0 Å². The summed E-state index contributed by atoms with van der Waals surface area (Å²) in [5.74, 6) is -0.0419. The maximum Gasteiger partial charge on any atom is 0.252 e. The molecule has 1 fully saturated rings. The molecule has 1 unspecified atom stereocenters. The number of carbonyl (C=O) groups is 1. The highest BCUT2D eigenvalue weighted by molar-refractivity contribution is 9.10. The summed E-state index contributed by atoms with van der Waals surface area (Å²) in [4.78, 5) is 12.1. The molecular formula is C14H18BrNO2. The zero-order chi connectivity index (χ0) is 13.0. The highest BCUT2D eigenvalue weighted by Crippen LogP contribution is 2.21. The van der Waals surface area contributed by atoms with Crippen LogP contribution < -0.4 is 5.32 Å². The second-order valence-electron chi connectivity index (χ2n) is 4.64. The number of benzene rings is 1. The summed E-state index contributed by atoms with van der Waals surface area (Å²) < 4.78 is 6.46. The lowest BCUT2D eigenvalue weighted by atomic mass is 10.1. The van der Waals surface area contributed by atoms with Gasteiger partial charge in [0.15, 0.2) is 0 Å². The van der Waals surface area contributed by atoms with E-state index in [1.807, 2.05) is 25.1 Å². The van der Waals surface area contributed by atoms with Gasteiger partial charge in [-0.2, -0.15) is 0 Å². The molecule has 0 radical (unpaired) electrons. The van der Waals surface area contributed by atoms with Gasteiger partial charge in [-0.1, -0.05) is 12.1 Å². The fourth-order valence-corrected chi connectivity index (χ4v) is 2.54. The van der Waals surface area contributed by atoms with Gasteiger partial charge in [0, 0.05) is 17.6 Å². The van der Waals surface area contributed by atoms with Gasteiger partial charge in [-0.25, -0.2) is 0 Å². The lowest BCUT2D eigenvalue weighted by molar-refractivity contribution is 0.0169. The van der Waals surface area contributed by atoms with E-state index in [0.29, 0.717) is 12.1 Å². The van der Waals surface area contributed by atoms with E-state index in [9.17, 15) is 4.79 Å². The van der Waals surface area contributed by atoms with E-state index < -0.39 is 0 Å². The van der Waals surface area contributed by atoms with Crippen molar-refractivity contribution in [3.8, 4) is 0 Å². The lowest BCUT2D eigenvalue weighted by Crippen LogP contribution is -2.35. The first kappa shape index (κ1) is 13.6. The third-order valence-corrected chi connectivity index (χ3v) is 4.25. The van der Waals surface area contributed by atoms with Crippen LogP contribution in [0.15, 0.2) is 22.7 Å². The fraction of sp³-hybridized carbons (Fsp3) is 0.500. The molecule has 1 saturated heterocycles. The molecule has 0 spiro atoms. The van der Waals surface area contributed by atoms with Crippen LogP contribution in [0.4, 0.5) is 0 Å². The highest BCUT2D eigenvalue weighted by atomic mass is 79.9. The molecule has 1 amide bonds. The number of amides is 1. The van der Waals surface area contributed by atoms with Crippen molar-refractivity contribution in [3.05, 3.63) is 33.8 Å². The third-order valence-electron chi connectivity index (χ3n) is 3.20. The lowest BCUT2D eigenvalue weighted by Gasteiger charge is -2.22. The average Bonchev–Trinajstić information content (AvgIpc) is 2.40. The largest absolute Gasteiger partial charge is 0.376 e. The van der Waals surface area contributed by atoms with E-state index in [2.05, 4.69) is 21.2 Å². The van der Waals surface area contributed by atoms with Crippen LogP contribution in [-0.2, 0) is 4.74 Å². The standard InChI is InChI=1S/C14H18BrNO2/c1-10-5-4-7-12(13(10)15)14(17)16-9-11-6-2-3-8-18-11/h4-5,7,11H,2-3,6,8-9H2,1H3,(H,16,17). The molecule has 3 nitrogen and oxygen atoms in total. The molecular weight excluding hydrogens is 294 g/mol. The molecule has 1 heterocycles. The second-order valence-corrected chi connectivity index (χ2v) is 5.43. The Hall–Kier alpha value is -0.870. The second kappa shape index (κ2) is 6.34. The molecule has 1 aliphatic heterocycles. The van der Waals surface area contributed by atoms with Gasteiger partial charge in [-0.3, -0.25) is 4.79 Å². The van der Waals surface area contributed by atoms with Gasteiger partial charge in [-0.15, -0.1) is 0 Å². The topological polar surface area (TPSA) is 38.3 Å². The summed E-state index contributed by atoms with van der Waals surface area (Å²) in [6.45, 7) is 3.39. The molecule has 1 aromatic carbocycles. The molecule has 4 heteroatoms. The molecule has 1 atom stereocenters. The predicted octanol–water partition coefficient (Wildman–Crippen LogP) is 3.06. The zero-order valence-corrected chi connectivity index (χ0v) is 12.1. The summed E-state index contributed by atoms with van der Waals surface area (Å²) in [5.41, 5.74) is 1.75. The molecule has 0 saturated carbocycles. The van der Waals surface area contributed by atoms with Crippen molar-refractivity contribution in [1.82, 2.24) is 5.32 Å². The molecule has 1 aliphatic rings. The van der Waals surface area contributed by atoms with Crippen LogP contribution >= 0.6 is 15.9 Å². The van der Waals surface area contributed by atoms with E-state index in [-0.39, 0.29) is 12.0 Å². The SMILES string of the molecule is Cc1cccc(C(=O)NCC2CCCCO2)c1Br. The summed E-state index contributed by atoms with van der Waals surface area (Å²) in [5, 5.41) is 2.94. The number of hydrogen-bond donors (Lipinski definition) is 1. The summed E-state index contributed by atoms with van der Waals surface area (Å²) in [6.07, 6.45) is 3.53. The Labute approximate surface area is 116 Å². The monoisotopic (exact) mass is 311 g/mol. The minimum absolute atomic E-state index is 0.0419. The first-order chi connectivity index (χ1) is 8.68. The summed E-state index contributed by atoms with van der Waals surface area (Å²) in [6, 6.07) is 5.70. The maximum absolute atomic E-state index is 12.1. The van der Waals surface area contributed by atoms with Gasteiger partial charge < -0.3 is 10.1 Å². The van der Waals surface area contributed by atoms with Crippen LogP contribution in [0.3, 0.4) is 0 Å². The molecule has 0 bridgehead atoms. The van der Waals surface area contributed by atoms with Crippen LogP contribution in [0.25, 0.3) is 0 Å². The molecule has 1 aromatic rings. The third kappa shape index (κ3) is 3.33. The number of hydrogen-bond acceptors (Lipinski definition) is 2. The van der Waals surface area contributed by atoms with E-state index in [4.69, 9.17) is 4.74 Å². The Morgan fingerprint density at radius 1 is 1.50 bits per heavy atom. The minimum atomic E-state index is -0.0419. The van der Waals surface area contributed by atoms with Crippen molar-refractivity contribution in [2.45, 2.75) is 32.3 Å². The van der Waals surface area contributed by atoms with E-state index in [1.165, 1.54) is 6.42 Å². The molecule has 1 N–H and O–H groups in total. The van der Waals surface area contributed by atoms with E-state index in [0.717, 1.165) is 29.5 Å². The van der Waals surface area contributed by atoms with E-state index >= 15 is 0 Å². The first-order valence-corrected chi connectivity index (χ1v) is 7.12. The van der Waals surface area contributed by atoms with Crippen molar-refractivity contribution in [3.63, 3.8) is 0 Å². The molecule has 98 valence electrons. The first-order valence-electron chi connectivity index (χ1n) is 6.33. The average molecular weight is 312 g/mol. The van der Waals surface area contributed by atoms with Crippen molar-refractivity contribution >= 4 is 21.8 Å². The van der Waals surface area contributed by atoms with Crippen LogP contribution in [0.2, 0.25) is 0 Å². The van der Waals surface area contributed by atoms with Crippen LogP contribution in [-0.4, -0.2) is 25.2 Å². The number of ether oxygens (including phenoxy) is 1. The zero-order valence-electron chi connectivity index (χ0n) is 10.5. The van der Waals surface area contributed by atoms with Gasteiger partial charge in [-0.05, 0) is 53.7 Å². The van der Waals surface area contributed by atoms with Gasteiger partial charge in [0.2, 0.25) is 0 Å². The quantitative estimate of drug-likeness (QED) is 0.931. The summed E-state index contributed by atoms with van der Waals surface area (Å²) >= 11 is 3.45. The Balaban J connectivity index is 1.93. The van der Waals surface area contributed by atoms with Gasteiger partial charge in [0.1, 0.15) is 0 Å². The van der Waals surface area contributed by atoms with Crippen LogP contribution in [0.5, 0.6) is 0 Å². The Morgan fingerprint density at radius 2 is 2.33 bits per heavy atom. The van der Waals surface area contributed by atoms with E-state index in [1.54, 1.807) is 0 Å². The fourth-order valence-electron chi connectivity index (χ4n) is 2.09. The maximum atomic E-state index is 12.1. The summed E-state index contributed by atoms with van der Waals surface area (Å²) in [7, 11) is 0. The van der Waals surface area contributed by atoms with Gasteiger partial charge >= 0.3 is 0 Å². The molecule has 0 aliphatic carbocycles. The number of aryl methyl sites for hydroxylation is 1. The minimum Gasteiger partial charge on any atom is -0.376 e. The number of nitrogens with one attached hydrogen (secondary N) is 1. The number of halogens is 1. The number of carbonyl (C=O) groups excluding carboxylic acids is 1. The molecule has 0 aromatic heterocycles. The Bertz CT molecular complexity index is 428. The Kier molecular flexibility index (Phi) is 4.78. The van der Waals surface area contributed by atoms with Crippen molar-refractivity contribution in [2.75, 3.05) is 13.2 Å². The van der Waals surface area contributed by atoms with Gasteiger partial charge in [0.05, 0.1) is 11.7 Å². The van der Waals surface area contributed by atoms with Gasteiger partial charge in [0.25, 0.3) is 5.91 Å². The molecule has 18 heavy (non-hydrogen) atoms. The predicted molar refractivity (Wildman–Crippen MR) is 74.8 cm³/mol. The Morgan fingerprint density at radius 3 is 3.06 bits per heavy atom. The van der Waals surface area contributed by atoms with Crippen LogP contribution in [0, 0.1) is 6.92 Å². The number of rotatable bonds is 3. The smallest absolute Gasteiger partial charge is 0.252 e. The van der Waals surface area contributed by atoms with Crippen LogP contribution in [0.1, 0.15) is 35.2 Å². The highest BCUT2D eigenvalue weighted by Gasteiger charge is 2.16. The van der Waals surface area contributed by atoms with Crippen molar-refractivity contribution in [1.29, 1.82) is 0 Å².